The van der Waals surface area contributed by atoms with Crippen LogP contribution in [-0.4, -0.2) is 55.6 Å². The molecule has 1 heterocycles. The van der Waals surface area contributed by atoms with Gasteiger partial charge in [-0.25, -0.2) is 0 Å². The van der Waals surface area contributed by atoms with E-state index in [4.69, 9.17) is 5.73 Å². The second kappa shape index (κ2) is 5.99. The molecule has 0 bridgehead atoms. The van der Waals surface area contributed by atoms with Crippen molar-refractivity contribution in [1.82, 2.24) is 9.80 Å². The molecule has 0 spiro atoms. The van der Waals surface area contributed by atoms with Crippen LogP contribution in [0, 0.1) is 5.92 Å². The molecule has 94 valence electrons. The first-order valence-electron chi connectivity index (χ1n) is 6.92. The molecule has 1 saturated heterocycles. The zero-order valence-electron chi connectivity index (χ0n) is 10.7. The van der Waals surface area contributed by atoms with Crippen molar-refractivity contribution >= 4 is 0 Å². The summed E-state index contributed by atoms with van der Waals surface area (Å²) in [6.07, 6.45) is 7.22. The summed E-state index contributed by atoms with van der Waals surface area (Å²) >= 11 is 0. The number of hydrogen-bond acceptors (Lipinski definition) is 3. The van der Waals surface area contributed by atoms with Crippen LogP contribution in [0.3, 0.4) is 0 Å². The average molecular weight is 225 g/mol. The molecule has 1 aliphatic heterocycles. The van der Waals surface area contributed by atoms with Gasteiger partial charge in [0.1, 0.15) is 0 Å². The molecule has 0 amide bonds. The zero-order valence-corrected chi connectivity index (χ0v) is 10.7. The van der Waals surface area contributed by atoms with E-state index in [2.05, 4.69) is 16.8 Å². The first-order chi connectivity index (χ1) is 7.79. The minimum atomic E-state index is 0.755. The second-order valence-electron chi connectivity index (χ2n) is 5.62. The highest BCUT2D eigenvalue weighted by Gasteiger charge is 2.27. The third kappa shape index (κ3) is 3.19. The summed E-state index contributed by atoms with van der Waals surface area (Å²) in [5, 5.41) is 0. The van der Waals surface area contributed by atoms with E-state index in [-0.39, 0.29) is 0 Å². The summed E-state index contributed by atoms with van der Waals surface area (Å²) in [6, 6.07) is 0.755. The van der Waals surface area contributed by atoms with Crippen LogP contribution in [0.1, 0.15) is 32.1 Å². The lowest BCUT2D eigenvalue weighted by molar-refractivity contribution is 0.222. The van der Waals surface area contributed by atoms with Gasteiger partial charge >= 0.3 is 0 Å². The van der Waals surface area contributed by atoms with Gasteiger partial charge in [-0.15, -0.1) is 0 Å². The summed E-state index contributed by atoms with van der Waals surface area (Å²) in [5.74, 6) is 0.999. The van der Waals surface area contributed by atoms with Gasteiger partial charge < -0.3 is 15.5 Å². The maximum atomic E-state index is 5.61. The van der Waals surface area contributed by atoms with E-state index in [0.717, 1.165) is 25.0 Å². The number of nitrogens with zero attached hydrogens (tertiary/aromatic N) is 2. The van der Waals surface area contributed by atoms with Crippen LogP contribution in [-0.2, 0) is 0 Å². The number of nitrogens with two attached hydrogens (primary N) is 1. The largest absolute Gasteiger partial charge is 0.329 e. The number of rotatable bonds is 5. The zero-order chi connectivity index (χ0) is 11.4. The fraction of sp³-hybridized carbons (Fsp3) is 1.00. The van der Waals surface area contributed by atoms with Crippen LogP contribution in [0.25, 0.3) is 0 Å². The van der Waals surface area contributed by atoms with E-state index < -0.39 is 0 Å². The molecular formula is C13H27N3. The third-order valence-corrected chi connectivity index (χ3v) is 4.34. The quantitative estimate of drug-likeness (QED) is 0.761. The van der Waals surface area contributed by atoms with E-state index in [1.807, 2.05) is 0 Å². The molecule has 2 rings (SSSR count). The maximum Gasteiger partial charge on any atom is 0.0232 e. The van der Waals surface area contributed by atoms with E-state index in [0.29, 0.717) is 0 Å². The number of likely N-dealkylation sites (tertiary alicyclic amines) is 1. The smallest absolute Gasteiger partial charge is 0.0232 e. The van der Waals surface area contributed by atoms with E-state index in [1.165, 1.54) is 51.7 Å². The van der Waals surface area contributed by atoms with Crippen molar-refractivity contribution in [3.63, 3.8) is 0 Å². The molecule has 3 nitrogen and oxygen atoms in total. The van der Waals surface area contributed by atoms with Crippen molar-refractivity contribution in [1.29, 1.82) is 0 Å². The normalized spacial score (nSPS) is 28.3. The van der Waals surface area contributed by atoms with Crippen LogP contribution in [0.4, 0.5) is 0 Å². The Balaban J connectivity index is 1.70. The van der Waals surface area contributed by atoms with Gasteiger partial charge in [-0.3, -0.25) is 0 Å². The third-order valence-electron chi connectivity index (χ3n) is 4.34. The maximum absolute atomic E-state index is 5.61. The van der Waals surface area contributed by atoms with Gasteiger partial charge in [0.25, 0.3) is 0 Å². The van der Waals surface area contributed by atoms with Crippen LogP contribution in [0.15, 0.2) is 0 Å². The molecule has 2 aliphatic rings. The lowest BCUT2D eigenvalue weighted by Crippen LogP contribution is -2.38. The Morgan fingerprint density at radius 2 is 2.00 bits per heavy atom. The summed E-state index contributed by atoms with van der Waals surface area (Å²) in [7, 11) is 2.22. The van der Waals surface area contributed by atoms with Crippen molar-refractivity contribution in [2.45, 2.75) is 38.1 Å². The van der Waals surface area contributed by atoms with E-state index >= 15 is 0 Å². The Bertz CT molecular complexity index is 201. The van der Waals surface area contributed by atoms with Crippen LogP contribution in [0.2, 0.25) is 0 Å². The standard InChI is InChI=1S/C13H27N3/c1-15(9-7-14)13-6-8-16(11-13)10-12-4-2-3-5-12/h12-13H,2-11,14H2,1H3. The van der Waals surface area contributed by atoms with Gasteiger partial charge in [-0.2, -0.15) is 0 Å². The SMILES string of the molecule is CN(CCN)C1CCN(CC2CCCC2)C1. The minimum Gasteiger partial charge on any atom is -0.329 e. The van der Waals surface area contributed by atoms with Crippen LogP contribution < -0.4 is 5.73 Å². The highest BCUT2D eigenvalue weighted by atomic mass is 15.2. The molecule has 1 atom stereocenters. The molecule has 1 unspecified atom stereocenters. The predicted molar refractivity (Wildman–Crippen MR) is 68.5 cm³/mol. The molecule has 1 aliphatic carbocycles. The molecule has 3 heteroatoms. The van der Waals surface area contributed by atoms with Crippen LogP contribution >= 0.6 is 0 Å². The van der Waals surface area contributed by atoms with E-state index in [9.17, 15) is 0 Å². The Kier molecular flexibility index (Phi) is 4.62. The lowest BCUT2D eigenvalue weighted by Gasteiger charge is -2.25. The summed E-state index contributed by atoms with van der Waals surface area (Å²) in [5.41, 5.74) is 5.61. The fourth-order valence-corrected chi connectivity index (χ4v) is 3.28. The topological polar surface area (TPSA) is 32.5 Å². The molecule has 2 N–H and O–H groups in total. The van der Waals surface area contributed by atoms with Crippen molar-refractivity contribution in [2.24, 2.45) is 11.7 Å². The average Bonchev–Trinajstić information content (AvgIpc) is 2.90. The van der Waals surface area contributed by atoms with Gasteiger partial charge in [-0.05, 0) is 38.8 Å². The Labute approximate surface area is 100.0 Å². The van der Waals surface area contributed by atoms with Crippen molar-refractivity contribution in [2.75, 3.05) is 39.8 Å². The number of likely N-dealkylation sites (N-methyl/N-ethyl adjacent to an activating group) is 1. The monoisotopic (exact) mass is 225 g/mol. The first kappa shape index (κ1) is 12.3. The molecule has 0 aromatic heterocycles. The Hall–Kier alpha value is -0.120. The van der Waals surface area contributed by atoms with Crippen LogP contribution in [0.5, 0.6) is 0 Å². The van der Waals surface area contributed by atoms with Crippen molar-refractivity contribution < 1.29 is 0 Å². The summed E-state index contributed by atoms with van der Waals surface area (Å²) in [4.78, 5) is 5.11. The van der Waals surface area contributed by atoms with Crippen molar-refractivity contribution in [3.8, 4) is 0 Å². The van der Waals surface area contributed by atoms with Crippen molar-refractivity contribution in [3.05, 3.63) is 0 Å². The fourth-order valence-electron chi connectivity index (χ4n) is 3.28. The molecule has 2 fully saturated rings. The van der Waals surface area contributed by atoms with E-state index in [1.54, 1.807) is 0 Å². The predicted octanol–water partition coefficient (Wildman–Crippen LogP) is 1.14. The Morgan fingerprint density at radius 3 is 2.69 bits per heavy atom. The molecular weight excluding hydrogens is 198 g/mol. The molecule has 0 aromatic rings. The highest BCUT2D eigenvalue weighted by molar-refractivity contribution is 4.84. The summed E-state index contributed by atoms with van der Waals surface area (Å²) < 4.78 is 0. The Morgan fingerprint density at radius 1 is 1.25 bits per heavy atom. The minimum absolute atomic E-state index is 0.755. The second-order valence-corrected chi connectivity index (χ2v) is 5.62. The van der Waals surface area contributed by atoms with Gasteiger partial charge in [0, 0.05) is 32.2 Å². The lowest BCUT2D eigenvalue weighted by atomic mass is 10.1. The summed E-state index contributed by atoms with van der Waals surface area (Å²) in [6.45, 7) is 5.76. The van der Waals surface area contributed by atoms with Gasteiger partial charge in [0.15, 0.2) is 0 Å². The highest BCUT2D eigenvalue weighted by Crippen LogP contribution is 2.27. The van der Waals surface area contributed by atoms with Gasteiger partial charge in [0.05, 0.1) is 0 Å². The van der Waals surface area contributed by atoms with Gasteiger partial charge in [-0.1, -0.05) is 12.8 Å². The molecule has 0 aromatic carbocycles. The molecule has 16 heavy (non-hydrogen) atoms. The molecule has 1 saturated carbocycles. The van der Waals surface area contributed by atoms with Gasteiger partial charge in [0.2, 0.25) is 0 Å². The molecule has 0 radical (unpaired) electrons. The first-order valence-corrected chi connectivity index (χ1v) is 6.92. The number of hydrogen-bond donors (Lipinski definition) is 1.